The summed E-state index contributed by atoms with van der Waals surface area (Å²) >= 11 is 0. The van der Waals surface area contributed by atoms with Crippen LogP contribution in [0.25, 0.3) is 5.69 Å². The summed E-state index contributed by atoms with van der Waals surface area (Å²) in [5.41, 5.74) is 3.58. The topological polar surface area (TPSA) is 112 Å². The quantitative estimate of drug-likeness (QED) is 0.279. The van der Waals surface area contributed by atoms with E-state index in [1.165, 1.54) is 17.7 Å². The molecular weight excluding hydrogens is 418 g/mol. The van der Waals surface area contributed by atoms with Gasteiger partial charge in [-0.25, -0.2) is 24.0 Å². The van der Waals surface area contributed by atoms with Crippen LogP contribution in [0.5, 0.6) is 0 Å². The molecule has 3 rings (SSSR count). The molecule has 10 heteroatoms. The highest BCUT2D eigenvalue weighted by atomic mass is 19.2. The number of rotatable bonds is 4. The van der Waals surface area contributed by atoms with Gasteiger partial charge >= 0.3 is 5.69 Å². The van der Waals surface area contributed by atoms with Gasteiger partial charge in [0.15, 0.2) is 11.6 Å². The van der Waals surface area contributed by atoms with E-state index in [4.69, 9.17) is 18.0 Å². The van der Waals surface area contributed by atoms with Crippen molar-refractivity contribution in [2.45, 2.75) is 33.2 Å². The molecule has 0 fully saturated rings. The van der Waals surface area contributed by atoms with Crippen molar-refractivity contribution in [3.8, 4) is 18.0 Å². The third kappa shape index (κ3) is 3.63. The molecule has 2 heterocycles. The summed E-state index contributed by atoms with van der Waals surface area (Å²) in [5.74, 6) is 6.33. The maximum absolute atomic E-state index is 13.9. The van der Waals surface area contributed by atoms with Crippen LogP contribution in [-0.4, -0.2) is 14.1 Å². The minimum absolute atomic E-state index is 0.117. The lowest BCUT2D eigenvalue weighted by molar-refractivity contribution is 0.430. The minimum Gasteiger partial charge on any atom is -0.397 e. The summed E-state index contributed by atoms with van der Waals surface area (Å²) in [5, 5.41) is 0.817. The van der Waals surface area contributed by atoms with E-state index >= 15 is 0 Å². The lowest BCUT2D eigenvalue weighted by atomic mass is 10.1. The first-order valence-electron chi connectivity index (χ1n) is 9.49. The van der Waals surface area contributed by atoms with Crippen molar-refractivity contribution in [3.05, 3.63) is 74.3 Å². The highest BCUT2D eigenvalue weighted by molar-refractivity contribution is 5.74. The normalized spacial score (nSPS) is 11.3. The number of aryl methyl sites for hydroxylation is 1. The molecule has 2 aromatic heterocycles. The predicted octanol–water partition coefficient (Wildman–Crippen LogP) is 2.25. The Morgan fingerprint density at radius 2 is 1.75 bits per heavy atom. The average Bonchev–Trinajstić information content (AvgIpc) is 2.70. The van der Waals surface area contributed by atoms with Crippen molar-refractivity contribution in [3.63, 3.8) is 0 Å². The summed E-state index contributed by atoms with van der Waals surface area (Å²) in [4.78, 5) is 31.0. The van der Waals surface area contributed by atoms with Gasteiger partial charge in [0.05, 0.1) is 29.0 Å². The molecule has 0 atom stereocenters. The molecule has 0 amide bonds. The van der Waals surface area contributed by atoms with Crippen LogP contribution in [-0.2, 0) is 5.54 Å². The Morgan fingerprint density at radius 1 is 1.12 bits per heavy atom. The van der Waals surface area contributed by atoms with Crippen LogP contribution in [0, 0.1) is 37.8 Å². The van der Waals surface area contributed by atoms with E-state index in [0.717, 1.165) is 21.7 Å². The number of halogens is 2. The van der Waals surface area contributed by atoms with Gasteiger partial charge in [-0.05, 0) is 39.3 Å². The largest absolute Gasteiger partial charge is 0.397 e. The van der Waals surface area contributed by atoms with Crippen molar-refractivity contribution < 1.29 is 8.78 Å². The van der Waals surface area contributed by atoms with Crippen LogP contribution in [0.2, 0.25) is 0 Å². The molecule has 8 nitrogen and oxygen atoms in total. The van der Waals surface area contributed by atoms with Crippen molar-refractivity contribution in [1.82, 2.24) is 14.1 Å². The third-order valence-corrected chi connectivity index (χ3v) is 5.07. The SMILES string of the molecule is C#CC(C)(C)n1c(C)c(N(N)c2cc(F)c(F)cc2N)c(=O)n(-c2cncc(C)c2)c1=O. The van der Waals surface area contributed by atoms with Gasteiger partial charge in [-0.1, -0.05) is 5.92 Å². The second-order valence-corrected chi connectivity index (χ2v) is 7.81. The van der Waals surface area contributed by atoms with Crippen molar-refractivity contribution >= 4 is 17.1 Å². The van der Waals surface area contributed by atoms with Gasteiger partial charge in [-0.15, -0.1) is 6.42 Å². The van der Waals surface area contributed by atoms with Crippen molar-refractivity contribution in [1.29, 1.82) is 0 Å². The molecule has 0 unspecified atom stereocenters. The fourth-order valence-electron chi connectivity index (χ4n) is 3.47. The fraction of sp³-hybridized carbons (Fsp3) is 0.227. The van der Waals surface area contributed by atoms with Gasteiger partial charge in [0.25, 0.3) is 5.56 Å². The summed E-state index contributed by atoms with van der Waals surface area (Å²) in [6.45, 7) is 6.45. The van der Waals surface area contributed by atoms with Crippen LogP contribution < -0.4 is 27.8 Å². The number of benzene rings is 1. The second-order valence-electron chi connectivity index (χ2n) is 7.81. The van der Waals surface area contributed by atoms with E-state index in [9.17, 15) is 18.4 Å². The monoisotopic (exact) mass is 440 g/mol. The molecule has 0 radical (unpaired) electrons. The summed E-state index contributed by atoms with van der Waals surface area (Å²) in [7, 11) is 0. The minimum atomic E-state index is -1.21. The first kappa shape index (κ1) is 22.7. The zero-order valence-corrected chi connectivity index (χ0v) is 18.0. The Morgan fingerprint density at radius 3 is 2.34 bits per heavy atom. The lowest BCUT2D eigenvalue weighted by Crippen LogP contribution is -2.49. The number of pyridine rings is 1. The van der Waals surface area contributed by atoms with Crippen LogP contribution in [0.3, 0.4) is 0 Å². The smallest absolute Gasteiger partial charge is 0.337 e. The van der Waals surface area contributed by atoms with E-state index < -0.39 is 28.4 Å². The third-order valence-electron chi connectivity index (χ3n) is 5.07. The molecule has 1 aromatic carbocycles. The predicted molar refractivity (Wildman–Crippen MR) is 119 cm³/mol. The van der Waals surface area contributed by atoms with Gasteiger partial charge in [-0.3, -0.25) is 19.4 Å². The average molecular weight is 440 g/mol. The molecule has 32 heavy (non-hydrogen) atoms. The molecule has 0 aliphatic rings. The number of nitrogen functional groups attached to an aromatic ring is 1. The van der Waals surface area contributed by atoms with Crippen LogP contribution >= 0.6 is 0 Å². The van der Waals surface area contributed by atoms with E-state index in [1.54, 1.807) is 33.0 Å². The van der Waals surface area contributed by atoms with Gasteiger partial charge in [0, 0.05) is 18.3 Å². The summed E-state index contributed by atoms with van der Waals surface area (Å²) in [6, 6.07) is 3.11. The zero-order valence-electron chi connectivity index (χ0n) is 18.0. The Labute approximate surface area is 182 Å². The van der Waals surface area contributed by atoms with Gasteiger partial charge in [0.1, 0.15) is 11.2 Å². The molecule has 166 valence electrons. The fourth-order valence-corrected chi connectivity index (χ4v) is 3.47. The molecular formula is C22H22F2N6O2. The van der Waals surface area contributed by atoms with Crippen molar-refractivity contribution in [2.75, 3.05) is 10.7 Å². The summed E-state index contributed by atoms with van der Waals surface area (Å²) in [6.07, 6.45) is 8.56. The molecule has 0 spiro atoms. The maximum Gasteiger partial charge on any atom is 0.337 e. The molecule has 0 bridgehead atoms. The summed E-state index contributed by atoms with van der Waals surface area (Å²) < 4.78 is 29.6. The Bertz CT molecular complexity index is 1380. The number of terminal acetylenes is 1. The molecule has 0 saturated carbocycles. The highest BCUT2D eigenvalue weighted by Crippen LogP contribution is 2.30. The molecule has 0 saturated heterocycles. The van der Waals surface area contributed by atoms with E-state index in [1.807, 2.05) is 0 Å². The number of hydrogen-bond acceptors (Lipinski definition) is 6. The van der Waals surface area contributed by atoms with Crippen LogP contribution in [0.15, 0.2) is 40.2 Å². The second kappa shape index (κ2) is 7.94. The zero-order chi connectivity index (χ0) is 24.0. The molecule has 0 aliphatic heterocycles. The molecule has 4 N–H and O–H groups in total. The van der Waals surface area contributed by atoms with E-state index in [-0.39, 0.29) is 28.4 Å². The van der Waals surface area contributed by atoms with Crippen molar-refractivity contribution in [2.24, 2.45) is 5.84 Å². The molecule has 3 aromatic rings. The van der Waals surface area contributed by atoms with Gasteiger partial charge in [-0.2, -0.15) is 0 Å². The number of anilines is 3. The number of hydrogen-bond donors (Lipinski definition) is 2. The molecule has 0 aliphatic carbocycles. The first-order chi connectivity index (χ1) is 14.9. The van der Waals surface area contributed by atoms with Crippen LogP contribution in [0.4, 0.5) is 25.8 Å². The standard InChI is InChI=1S/C22H22F2N6O2/c1-6-22(4,5)29-13(3)19(30(26)18-9-16(24)15(23)8-17(18)25)20(31)28(21(29)32)14-7-12(2)10-27-11-14/h1,7-11H,25-26H2,2-5H3. The maximum atomic E-state index is 13.9. The van der Waals surface area contributed by atoms with E-state index in [0.29, 0.717) is 5.56 Å². The number of aromatic nitrogens is 3. The van der Waals surface area contributed by atoms with Gasteiger partial charge in [0.2, 0.25) is 0 Å². The Hall–Kier alpha value is -3.97. The highest BCUT2D eigenvalue weighted by Gasteiger charge is 2.29. The van der Waals surface area contributed by atoms with Gasteiger partial charge < -0.3 is 5.73 Å². The number of hydrazine groups is 1. The lowest BCUT2D eigenvalue weighted by Gasteiger charge is -2.29. The Kier molecular flexibility index (Phi) is 5.63. The Balaban J connectivity index is 2.47. The first-order valence-corrected chi connectivity index (χ1v) is 9.49. The number of nitrogens with zero attached hydrogens (tertiary/aromatic N) is 4. The van der Waals surface area contributed by atoms with E-state index in [2.05, 4.69) is 10.9 Å². The number of nitrogens with two attached hydrogens (primary N) is 2. The van der Waals surface area contributed by atoms with Crippen LogP contribution in [0.1, 0.15) is 25.1 Å².